The van der Waals surface area contributed by atoms with Crippen molar-refractivity contribution in [3.05, 3.63) is 63.6 Å². The average molecular weight is 392 g/mol. The van der Waals surface area contributed by atoms with Crippen molar-refractivity contribution in [2.75, 3.05) is 7.11 Å². The minimum atomic E-state index is -0.985. The van der Waals surface area contributed by atoms with Gasteiger partial charge in [0.25, 0.3) is 5.91 Å². The monoisotopic (exact) mass is 391 g/mol. The molecule has 0 aromatic heterocycles. The molecule has 2 N–H and O–H groups in total. The second-order valence-electron chi connectivity index (χ2n) is 5.36. The first-order chi connectivity index (χ1) is 11.4. The van der Waals surface area contributed by atoms with Crippen LogP contribution >= 0.6 is 15.9 Å². The molecule has 0 spiro atoms. The van der Waals surface area contributed by atoms with Crippen LogP contribution in [-0.4, -0.2) is 24.1 Å². The highest BCUT2D eigenvalue weighted by Crippen LogP contribution is 2.22. The first-order valence-corrected chi connectivity index (χ1v) is 8.12. The Kier molecular flexibility index (Phi) is 5.98. The largest absolute Gasteiger partial charge is 0.497 e. The third kappa shape index (κ3) is 4.58. The van der Waals surface area contributed by atoms with Crippen LogP contribution in [0, 0.1) is 6.92 Å². The number of aryl methyl sites for hydroxylation is 1. The molecule has 5 nitrogen and oxygen atoms in total. The molecule has 0 radical (unpaired) electrons. The first kappa shape index (κ1) is 18.0. The minimum absolute atomic E-state index is 0.203. The molecular formula is C18H18BrNO4. The summed E-state index contributed by atoms with van der Waals surface area (Å²) in [5.74, 6) is -0.638. The van der Waals surface area contributed by atoms with Crippen LogP contribution in [0.25, 0.3) is 0 Å². The number of carboxylic acids is 1. The summed E-state index contributed by atoms with van der Waals surface area (Å²) in [7, 11) is 1.56. The van der Waals surface area contributed by atoms with Crippen LogP contribution in [0.2, 0.25) is 0 Å². The van der Waals surface area contributed by atoms with Crippen molar-refractivity contribution in [2.24, 2.45) is 0 Å². The number of aliphatic carboxylic acids is 1. The summed E-state index contributed by atoms with van der Waals surface area (Å²) in [5, 5.41) is 11.9. The predicted octanol–water partition coefficient (Wildman–Crippen LogP) is 3.71. The van der Waals surface area contributed by atoms with Gasteiger partial charge in [0, 0.05) is 10.0 Å². The minimum Gasteiger partial charge on any atom is -0.497 e. The lowest BCUT2D eigenvalue weighted by Gasteiger charge is -2.18. The molecule has 0 fully saturated rings. The van der Waals surface area contributed by atoms with Gasteiger partial charge in [0.05, 0.1) is 19.6 Å². The van der Waals surface area contributed by atoms with Crippen molar-refractivity contribution in [2.45, 2.75) is 19.4 Å². The molecule has 1 amide bonds. The number of carboxylic acid groups (broad SMARTS) is 1. The molecule has 1 atom stereocenters. The Morgan fingerprint density at radius 3 is 2.42 bits per heavy atom. The number of nitrogens with one attached hydrogen (secondary N) is 1. The number of carbonyl (C=O) groups excluding carboxylic acids is 1. The molecule has 0 heterocycles. The lowest BCUT2D eigenvalue weighted by molar-refractivity contribution is -0.137. The molecule has 2 rings (SSSR count). The summed E-state index contributed by atoms with van der Waals surface area (Å²) < 4.78 is 5.92. The fourth-order valence-electron chi connectivity index (χ4n) is 2.24. The maximum Gasteiger partial charge on any atom is 0.305 e. The van der Waals surface area contributed by atoms with Gasteiger partial charge < -0.3 is 15.2 Å². The highest BCUT2D eigenvalue weighted by Gasteiger charge is 2.19. The first-order valence-electron chi connectivity index (χ1n) is 7.33. The van der Waals surface area contributed by atoms with E-state index in [9.17, 15) is 9.59 Å². The number of amides is 1. The predicted molar refractivity (Wildman–Crippen MR) is 94.3 cm³/mol. The lowest BCUT2D eigenvalue weighted by atomic mass is 10.0. The third-order valence-electron chi connectivity index (χ3n) is 3.64. The van der Waals surface area contributed by atoms with Gasteiger partial charge in [-0.1, -0.05) is 34.1 Å². The molecule has 0 aliphatic heterocycles. The summed E-state index contributed by atoms with van der Waals surface area (Å²) in [4.78, 5) is 23.6. The zero-order chi connectivity index (χ0) is 17.7. The normalized spacial score (nSPS) is 11.6. The van der Waals surface area contributed by atoms with Crippen molar-refractivity contribution in [3.63, 3.8) is 0 Å². The Labute approximate surface area is 148 Å². The van der Waals surface area contributed by atoms with Crippen LogP contribution in [0.15, 0.2) is 46.9 Å². The molecule has 0 bridgehead atoms. The van der Waals surface area contributed by atoms with Crippen molar-refractivity contribution < 1.29 is 19.4 Å². The molecule has 126 valence electrons. The second-order valence-corrected chi connectivity index (χ2v) is 6.22. The van der Waals surface area contributed by atoms with Crippen molar-refractivity contribution >= 4 is 27.8 Å². The smallest absolute Gasteiger partial charge is 0.305 e. The summed E-state index contributed by atoms with van der Waals surface area (Å²) in [6.07, 6.45) is -0.203. The maximum absolute atomic E-state index is 12.4. The molecule has 0 aliphatic rings. The highest BCUT2D eigenvalue weighted by atomic mass is 79.9. The molecule has 24 heavy (non-hydrogen) atoms. The van der Waals surface area contributed by atoms with E-state index in [1.165, 1.54) is 0 Å². The quantitative estimate of drug-likeness (QED) is 0.786. The van der Waals surface area contributed by atoms with E-state index in [2.05, 4.69) is 21.2 Å². The summed E-state index contributed by atoms with van der Waals surface area (Å²) in [6.45, 7) is 1.93. The standard InChI is InChI=1S/C18H18BrNO4/c1-11-3-4-13(9-15(11)19)18(23)20-16(10-17(21)22)12-5-7-14(24-2)8-6-12/h3-9,16H,10H2,1-2H3,(H,20,23)(H,21,22)/t16-/m0/s1. The summed E-state index contributed by atoms with van der Waals surface area (Å²) in [6, 6.07) is 11.6. The molecule has 0 unspecified atom stereocenters. The van der Waals surface area contributed by atoms with Gasteiger partial charge in [0.1, 0.15) is 5.75 Å². The lowest BCUT2D eigenvalue weighted by Crippen LogP contribution is -2.30. The van der Waals surface area contributed by atoms with Crippen LogP contribution in [0.5, 0.6) is 5.75 Å². The Morgan fingerprint density at radius 2 is 1.88 bits per heavy atom. The van der Waals surface area contributed by atoms with Gasteiger partial charge >= 0.3 is 5.97 Å². The second kappa shape index (κ2) is 7.97. The Balaban J connectivity index is 2.22. The number of rotatable bonds is 6. The highest BCUT2D eigenvalue weighted by molar-refractivity contribution is 9.10. The maximum atomic E-state index is 12.4. The van der Waals surface area contributed by atoms with Crippen LogP contribution in [-0.2, 0) is 4.79 Å². The zero-order valence-electron chi connectivity index (χ0n) is 13.4. The molecule has 0 saturated carbocycles. The van der Waals surface area contributed by atoms with E-state index < -0.39 is 12.0 Å². The van der Waals surface area contributed by atoms with Crippen LogP contribution < -0.4 is 10.1 Å². The van der Waals surface area contributed by atoms with Gasteiger partial charge in [-0.3, -0.25) is 9.59 Å². The fraction of sp³-hybridized carbons (Fsp3) is 0.222. The van der Waals surface area contributed by atoms with Crippen LogP contribution in [0.1, 0.15) is 33.9 Å². The number of ether oxygens (including phenoxy) is 1. The van der Waals surface area contributed by atoms with E-state index in [0.717, 1.165) is 10.0 Å². The molecule has 2 aromatic carbocycles. The SMILES string of the molecule is COc1ccc([C@H](CC(=O)O)NC(=O)c2ccc(C)c(Br)c2)cc1. The number of methoxy groups -OCH3 is 1. The van der Waals surface area contributed by atoms with E-state index in [1.54, 1.807) is 43.5 Å². The Bertz CT molecular complexity index is 743. The number of halogens is 1. The molecule has 6 heteroatoms. The molecular weight excluding hydrogens is 374 g/mol. The third-order valence-corrected chi connectivity index (χ3v) is 4.49. The van der Waals surface area contributed by atoms with Gasteiger partial charge in [-0.15, -0.1) is 0 Å². The van der Waals surface area contributed by atoms with E-state index in [1.807, 2.05) is 13.0 Å². The van der Waals surface area contributed by atoms with Gasteiger partial charge in [0.2, 0.25) is 0 Å². The van der Waals surface area contributed by atoms with E-state index >= 15 is 0 Å². The molecule has 0 aliphatic carbocycles. The number of hydrogen-bond acceptors (Lipinski definition) is 3. The fourth-order valence-corrected chi connectivity index (χ4v) is 2.62. The van der Waals surface area contributed by atoms with E-state index in [4.69, 9.17) is 9.84 Å². The zero-order valence-corrected chi connectivity index (χ0v) is 15.0. The van der Waals surface area contributed by atoms with E-state index in [0.29, 0.717) is 16.9 Å². The van der Waals surface area contributed by atoms with Crippen LogP contribution in [0.4, 0.5) is 0 Å². The van der Waals surface area contributed by atoms with Crippen molar-refractivity contribution in [3.8, 4) is 5.75 Å². The number of hydrogen-bond donors (Lipinski definition) is 2. The van der Waals surface area contributed by atoms with Crippen LogP contribution in [0.3, 0.4) is 0 Å². The topological polar surface area (TPSA) is 75.6 Å². The van der Waals surface area contributed by atoms with Gasteiger partial charge in [-0.25, -0.2) is 0 Å². The van der Waals surface area contributed by atoms with E-state index in [-0.39, 0.29) is 12.3 Å². The molecule has 2 aromatic rings. The Hall–Kier alpha value is -2.34. The Morgan fingerprint density at radius 1 is 1.21 bits per heavy atom. The molecule has 0 saturated heterocycles. The van der Waals surface area contributed by atoms with Crippen molar-refractivity contribution in [1.82, 2.24) is 5.32 Å². The van der Waals surface area contributed by atoms with Gasteiger partial charge in [0.15, 0.2) is 0 Å². The summed E-state index contributed by atoms with van der Waals surface area (Å²) in [5.41, 5.74) is 2.19. The number of carbonyl (C=O) groups is 2. The number of benzene rings is 2. The average Bonchev–Trinajstić information content (AvgIpc) is 2.56. The summed E-state index contributed by atoms with van der Waals surface area (Å²) >= 11 is 3.39. The van der Waals surface area contributed by atoms with Gasteiger partial charge in [-0.05, 0) is 42.3 Å². The van der Waals surface area contributed by atoms with Gasteiger partial charge in [-0.2, -0.15) is 0 Å². The van der Waals surface area contributed by atoms with Crippen molar-refractivity contribution in [1.29, 1.82) is 0 Å².